The lowest BCUT2D eigenvalue weighted by Gasteiger charge is -2.20. The second-order valence-electron chi connectivity index (χ2n) is 4.07. The Morgan fingerprint density at radius 1 is 1.36 bits per heavy atom. The Hall–Kier alpha value is -0.120. The minimum Gasteiger partial charge on any atom is -0.380 e. The van der Waals surface area contributed by atoms with Crippen molar-refractivity contribution in [3.8, 4) is 0 Å². The zero-order valence-electron chi connectivity index (χ0n) is 9.59. The van der Waals surface area contributed by atoms with Crippen LogP contribution in [0.2, 0.25) is 0 Å². The van der Waals surface area contributed by atoms with Gasteiger partial charge in [-0.05, 0) is 19.8 Å². The lowest BCUT2D eigenvalue weighted by Crippen LogP contribution is -2.36. The van der Waals surface area contributed by atoms with Gasteiger partial charge in [-0.2, -0.15) is 0 Å². The van der Waals surface area contributed by atoms with Gasteiger partial charge in [0.1, 0.15) is 0 Å². The van der Waals surface area contributed by atoms with Gasteiger partial charge in [-0.15, -0.1) is 0 Å². The monoisotopic (exact) mass is 200 g/mol. The van der Waals surface area contributed by atoms with E-state index in [4.69, 9.17) is 4.74 Å². The zero-order valence-corrected chi connectivity index (χ0v) is 9.59. The fourth-order valence-corrected chi connectivity index (χ4v) is 1.63. The summed E-state index contributed by atoms with van der Waals surface area (Å²) in [7, 11) is 0. The van der Waals surface area contributed by atoms with Crippen LogP contribution in [0.5, 0.6) is 0 Å². The third kappa shape index (κ3) is 4.94. The average molecular weight is 200 g/mol. The Bertz CT molecular complexity index is 133. The summed E-state index contributed by atoms with van der Waals surface area (Å²) < 4.78 is 5.41. The van der Waals surface area contributed by atoms with Gasteiger partial charge in [0.05, 0.1) is 6.61 Å². The van der Waals surface area contributed by atoms with Crippen LogP contribution in [0.4, 0.5) is 0 Å². The van der Waals surface area contributed by atoms with Gasteiger partial charge in [-0.3, -0.25) is 4.90 Å². The molecule has 1 fully saturated rings. The van der Waals surface area contributed by atoms with Crippen LogP contribution in [-0.4, -0.2) is 50.3 Å². The summed E-state index contributed by atoms with van der Waals surface area (Å²) in [6, 6.07) is 0.651. The topological polar surface area (TPSA) is 24.5 Å². The molecule has 1 N–H and O–H groups in total. The normalized spacial score (nSPS) is 21.9. The van der Waals surface area contributed by atoms with Crippen LogP contribution in [0.3, 0.4) is 0 Å². The van der Waals surface area contributed by atoms with E-state index in [1.54, 1.807) is 0 Å². The number of rotatable bonds is 5. The molecule has 1 aliphatic heterocycles. The van der Waals surface area contributed by atoms with Crippen molar-refractivity contribution in [2.45, 2.75) is 32.7 Å². The molecule has 0 aliphatic carbocycles. The summed E-state index contributed by atoms with van der Waals surface area (Å²) in [6.45, 7) is 10.9. The number of ether oxygens (including phenoxy) is 1. The molecule has 84 valence electrons. The first-order valence-electron chi connectivity index (χ1n) is 5.86. The molecular formula is C11H24N2O. The van der Waals surface area contributed by atoms with E-state index in [-0.39, 0.29) is 0 Å². The van der Waals surface area contributed by atoms with Crippen LogP contribution < -0.4 is 5.32 Å². The van der Waals surface area contributed by atoms with Gasteiger partial charge in [0.2, 0.25) is 0 Å². The lowest BCUT2D eigenvalue weighted by atomic mass is 10.2. The quantitative estimate of drug-likeness (QED) is 0.719. The molecule has 0 aromatic carbocycles. The molecule has 0 radical (unpaired) electrons. The van der Waals surface area contributed by atoms with Crippen molar-refractivity contribution in [1.29, 1.82) is 0 Å². The minimum absolute atomic E-state index is 0.651. The molecule has 1 rings (SSSR count). The number of hydrogen-bond acceptors (Lipinski definition) is 3. The van der Waals surface area contributed by atoms with Crippen LogP contribution in [0.25, 0.3) is 0 Å². The van der Waals surface area contributed by atoms with E-state index in [0.717, 1.165) is 32.8 Å². The van der Waals surface area contributed by atoms with Crippen LogP contribution in [0, 0.1) is 0 Å². The number of nitrogens with zero attached hydrogens (tertiary/aromatic N) is 1. The van der Waals surface area contributed by atoms with Gasteiger partial charge < -0.3 is 10.1 Å². The smallest absolute Gasteiger partial charge is 0.0593 e. The molecule has 14 heavy (non-hydrogen) atoms. The van der Waals surface area contributed by atoms with Gasteiger partial charge in [-0.25, -0.2) is 0 Å². The van der Waals surface area contributed by atoms with Crippen molar-refractivity contribution >= 4 is 0 Å². The van der Waals surface area contributed by atoms with E-state index in [0.29, 0.717) is 6.04 Å². The first-order chi connectivity index (χ1) is 6.83. The predicted molar refractivity (Wildman–Crippen MR) is 59.6 cm³/mol. The van der Waals surface area contributed by atoms with Crippen molar-refractivity contribution in [3.63, 3.8) is 0 Å². The summed E-state index contributed by atoms with van der Waals surface area (Å²) in [6.07, 6.45) is 2.40. The molecule has 1 unspecified atom stereocenters. The third-order valence-corrected chi connectivity index (χ3v) is 2.85. The standard InChI is InChI=1S/C11H24N2O/c1-3-11(2)12-5-7-13-6-4-9-14-10-8-13/h11-12H,3-10H2,1-2H3. The highest BCUT2D eigenvalue weighted by Crippen LogP contribution is 1.98. The summed E-state index contributed by atoms with van der Waals surface area (Å²) in [5.41, 5.74) is 0. The summed E-state index contributed by atoms with van der Waals surface area (Å²) >= 11 is 0. The molecule has 1 atom stereocenters. The molecular weight excluding hydrogens is 176 g/mol. The Kier molecular flexibility index (Phi) is 6.15. The molecule has 1 heterocycles. The number of nitrogens with one attached hydrogen (secondary N) is 1. The zero-order chi connectivity index (χ0) is 10.2. The maximum absolute atomic E-state index is 5.41. The van der Waals surface area contributed by atoms with Gasteiger partial charge in [0.15, 0.2) is 0 Å². The third-order valence-electron chi connectivity index (χ3n) is 2.85. The fraction of sp³-hybridized carbons (Fsp3) is 1.00. The highest BCUT2D eigenvalue weighted by Gasteiger charge is 2.08. The molecule has 0 aromatic rings. The van der Waals surface area contributed by atoms with Crippen molar-refractivity contribution in [2.24, 2.45) is 0 Å². The lowest BCUT2D eigenvalue weighted by molar-refractivity contribution is 0.141. The molecule has 1 aliphatic rings. The number of hydrogen-bond donors (Lipinski definition) is 1. The summed E-state index contributed by atoms with van der Waals surface area (Å²) in [5, 5.41) is 3.52. The van der Waals surface area contributed by atoms with E-state index in [1.165, 1.54) is 19.4 Å². The highest BCUT2D eigenvalue weighted by atomic mass is 16.5. The van der Waals surface area contributed by atoms with Crippen LogP contribution >= 0.6 is 0 Å². The Morgan fingerprint density at radius 3 is 3.00 bits per heavy atom. The Balaban J connectivity index is 2.04. The molecule has 3 heteroatoms. The van der Waals surface area contributed by atoms with Crippen LogP contribution in [0.15, 0.2) is 0 Å². The van der Waals surface area contributed by atoms with E-state index in [1.807, 2.05) is 0 Å². The van der Waals surface area contributed by atoms with Crippen molar-refractivity contribution in [1.82, 2.24) is 10.2 Å². The highest BCUT2D eigenvalue weighted by molar-refractivity contribution is 4.64. The Labute approximate surface area is 87.8 Å². The maximum atomic E-state index is 5.41. The first-order valence-corrected chi connectivity index (χ1v) is 5.86. The molecule has 0 aromatic heterocycles. The van der Waals surface area contributed by atoms with Gasteiger partial charge in [-0.1, -0.05) is 6.92 Å². The summed E-state index contributed by atoms with van der Waals surface area (Å²) in [4.78, 5) is 2.49. The van der Waals surface area contributed by atoms with E-state index in [2.05, 4.69) is 24.1 Å². The predicted octanol–water partition coefficient (Wildman–Crippen LogP) is 1.10. The second-order valence-corrected chi connectivity index (χ2v) is 4.07. The van der Waals surface area contributed by atoms with Gasteiger partial charge in [0.25, 0.3) is 0 Å². The van der Waals surface area contributed by atoms with Crippen molar-refractivity contribution in [3.05, 3.63) is 0 Å². The van der Waals surface area contributed by atoms with Crippen molar-refractivity contribution in [2.75, 3.05) is 39.4 Å². The largest absolute Gasteiger partial charge is 0.380 e. The van der Waals surface area contributed by atoms with Gasteiger partial charge >= 0.3 is 0 Å². The van der Waals surface area contributed by atoms with Crippen molar-refractivity contribution < 1.29 is 4.74 Å². The minimum atomic E-state index is 0.651. The SMILES string of the molecule is CCC(C)NCCN1CCCOCC1. The molecule has 0 bridgehead atoms. The fourth-order valence-electron chi connectivity index (χ4n) is 1.63. The molecule has 1 saturated heterocycles. The van der Waals surface area contributed by atoms with E-state index in [9.17, 15) is 0 Å². The molecule has 0 spiro atoms. The van der Waals surface area contributed by atoms with E-state index < -0.39 is 0 Å². The Morgan fingerprint density at radius 2 is 2.21 bits per heavy atom. The molecule has 3 nitrogen and oxygen atoms in total. The molecule has 0 saturated carbocycles. The summed E-state index contributed by atoms with van der Waals surface area (Å²) in [5.74, 6) is 0. The van der Waals surface area contributed by atoms with Gasteiger partial charge in [0, 0.05) is 38.8 Å². The second kappa shape index (κ2) is 7.21. The average Bonchev–Trinajstić information content (AvgIpc) is 2.46. The van der Waals surface area contributed by atoms with Crippen LogP contribution in [0.1, 0.15) is 26.7 Å². The maximum Gasteiger partial charge on any atom is 0.0593 e. The molecule has 0 amide bonds. The van der Waals surface area contributed by atoms with E-state index >= 15 is 0 Å². The van der Waals surface area contributed by atoms with Crippen LogP contribution in [-0.2, 0) is 4.74 Å². The first kappa shape index (κ1) is 12.0.